The molecule has 9 heteroatoms. The molecule has 2 heterocycles. The van der Waals surface area contributed by atoms with E-state index in [9.17, 15) is 14.4 Å². The molecule has 1 saturated carbocycles. The summed E-state index contributed by atoms with van der Waals surface area (Å²) in [5.74, 6) is -0.911. The van der Waals surface area contributed by atoms with Crippen molar-refractivity contribution in [3.63, 3.8) is 0 Å². The average molecular weight is 536 g/mol. The van der Waals surface area contributed by atoms with Crippen molar-refractivity contribution in [2.45, 2.75) is 57.5 Å². The number of carbonyl (C=O) groups excluding carboxylic acids is 2. The van der Waals surface area contributed by atoms with Crippen LogP contribution in [0.1, 0.15) is 53.7 Å². The summed E-state index contributed by atoms with van der Waals surface area (Å²) in [5, 5.41) is 3.45. The number of benzene rings is 2. The van der Waals surface area contributed by atoms with Gasteiger partial charge in [0.05, 0.1) is 18.8 Å². The number of pyridine rings is 1. The van der Waals surface area contributed by atoms with Crippen molar-refractivity contribution in [2.75, 3.05) is 11.9 Å². The Kier molecular flexibility index (Phi) is 7.65. The van der Waals surface area contributed by atoms with E-state index in [1.807, 2.05) is 25.1 Å². The second-order valence-electron chi connectivity index (χ2n) is 9.89. The predicted octanol–water partition coefficient (Wildman–Crippen LogP) is 4.48. The quantitative estimate of drug-likeness (QED) is 0.441. The number of ether oxygens (including phenoxy) is 2. The highest BCUT2D eigenvalue weighted by Crippen LogP contribution is 2.33. The second kappa shape index (κ2) is 11.1. The summed E-state index contributed by atoms with van der Waals surface area (Å²) in [7, 11) is 0. The van der Waals surface area contributed by atoms with Crippen molar-refractivity contribution >= 4 is 29.1 Å². The number of amides is 2. The number of fused-ring (bicyclic) bond motifs is 3. The second-order valence-corrected chi connectivity index (χ2v) is 10.3. The predicted molar refractivity (Wildman–Crippen MR) is 145 cm³/mol. The number of hydrogen-bond acceptors (Lipinski definition) is 5. The molecule has 1 aliphatic heterocycles. The van der Waals surface area contributed by atoms with E-state index >= 15 is 0 Å². The van der Waals surface area contributed by atoms with Gasteiger partial charge in [-0.25, -0.2) is 0 Å². The van der Waals surface area contributed by atoms with Crippen LogP contribution in [0.2, 0.25) is 5.02 Å². The molecule has 1 fully saturated rings. The zero-order valence-electron chi connectivity index (χ0n) is 21.1. The number of halogens is 1. The Morgan fingerprint density at radius 1 is 1.13 bits per heavy atom. The molecule has 2 aliphatic rings. The van der Waals surface area contributed by atoms with Crippen LogP contribution in [0.15, 0.2) is 59.5 Å². The fraction of sp³-hybridized carbons (Fsp3) is 0.345. The monoisotopic (exact) mass is 535 g/mol. The van der Waals surface area contributed by atoms with E-state index in [-0.39, 0.29) is 23.7 Å². The average Bonchev–Trinajstić information content (AvgIpc) is 3.71. The van der Waals surface area contributed by atoms with Crippen molar-refractivity contribution in [3.05, 3.63) is 86.8 Å². The van der Waals surface area contributed by atoms with Gasteiger partial charge in [-0.3, -0.25) is 14.4 Å². The van der Waals surface area contributed by atoms with E-state index in [0.717, 1.165) is 35.1 Å². The van der Waals surface area contributed by atoms with Gasteiger partial charge in [-0.2, -0.15) is 0 Å². The van der Waals surface area contributed by atoms with Crippen LogP contribution in [0.4, 0.5) is 5.69 Å². The first kappa shape index (κ1) is 26.2. The number of carbonyl (C=O) groups is 2. The molecule has 2 atom stereocenters. The normalized spacial score (nSPS) is 17.5. The van der Waals surface area contributed by atoms with E-state index in [1.54, 1.807) is 36.5 Å². The van der Waals surface area contributed by atoms with Crippen LogP contribution in [0.5, 0.6) is 0 Å². The van der Waals surface area contributed by atoms with Crippen LogP contribution in [0.25, 0.3) is 11.1 Å². The molecule has 0 radical (unpaired) electrons. The summed E-state index contributed by atoms with van der Waals surface area (Å²) in [4.78, 5) is 38.4. The summed E-state index contributed by atoms with van der Waals surface area (Å²) >= 11 is 6.32. The highest BCUT2D eigenvalue weighted by molar-refractivity contribution is 6.30. The molecule has 0 spiro atoms. The Balaban J connectivity index is 1.49. The third kappa shape index (κ3) is 5.99. The Morgan fingerprint density at radius 3 is 2.58 bits per heavy atom. The molecule has 38 heavy (non-hydrogen) atoms. The first-order chi connectivity index (χ1) is 18.3. The molecular formula is C29H30ClN3O5. The van der Waals surface area contributed by atoms with Gasteiger partial charge in [0.25, 0.3) is 5.56 Å². The summed E-state index contributed by atoms with van der Waals surface area (Å²) < 4.78 is 13.4. The molecule has 3 aromatic rings. The maximum absolute atomic E-state index is 13.5. The number of aromatic nitrogens is 1. The van der Waals surface area contributed by atoms with Gasteiger partial charge < -0.3 is 25.1 Å². The van der Waals surface area contributed by atoms with E-state index in [0.29, 0.717) is 42.3 Å². The van der Waals surface area contributed by atoms with Crippen molar-refractivity contribution in [1.29, 1.82) is 0 Å². The lowest BCUT2D eigenvalue weighted by atomic mass is 9.92. The van der Waals surface area contributed by atoms with Crippen molar-refractivity contribution < 1.29 is 19.1 Å². The van der Waals surface area contributed by atoms with Gasteiger partial charge in [-0.15, -0.1) is 0 Å². The van der Waals surface area contributed by atoms with E-state index in [2.05, 4.69) is 5.32 Å². The van der Waals surface area contributed by atoms with E-state index < -0.39 is 11.9 Å². The Hall–Kier alpha value is -3.46. The molecule has 0 bridgehead atoms. The lowest BCUT2D eigenvalue weighted by Gasteiger charge is -2.25. The highest BCUT2D eigenvalue weighted by atomic mass is 35.5. The minimum Gasteiger partial charge on any atom is -0.378 e. The van der Waals surface area contributed by atoms with Gasteiger partial charge in [0.2, 0.25) is 11.8 Å². The lowest BCUT2D eigenvalue weighted by Crippen LogP contribution is -2.34. The van der Waals surface area contributed by atoms with Gasteiger partial charge in [0.15, 0.2) is 0 Å². The first-order valence-corrected chi connectivity index (χ1v) is 13.1. The minimum atomic E-state index is -0.816. The summed E-state index contributed by atoms with van der Waals surface area (Å²) in [6, 6.07) is 12.7. The van der Waals surface area contributed by atoms with Crippen LogP contribution in [0, 0.1) is 0 Å². The van der Waals surface area contributed by atoms with Crippen LogP contribution >= 0.6 is 11.6 Å². The van der Waals surface area contributed by atoms with Gasteiger partial charge in [0, 0.05) is 47.1 Å². The molecule has 8 nitrogen and oxygen atoms in total. The number of primary amides is 1. The van der Waals surface area contributed by atoms with Crippen LogP contribution in [-0.4, -0.2) is 35.2 Å². The van der Waals surface area contributed by atoms with Gasteiger partial charge in [0.1, 0.15) is 6.04 Å². The minimum absolute atomic E-state index is 0.0298. The molecule has 198 valence electrons. The highest BCUT2D eigenvalue weighted by Gasteiger charge is 2.27. The van der Waals surface area contributed by atoms with Crippen LogP contribution in [-0.2, 0) is 27.3 Å². The summed E-state index contributed by atoms with van der Waals surface area (Å²) in [6.45, 7) is 2.65. The van der Waals surface area contributed by atoms with Crippen molar-refractivity contribution in [1.82, 2.24) is 4.57 Å². The smallest absolute Gasteiger partial charge is 0.251 e. The number of anilines is 1. The zero-order chi connectivity index (χ0) is 26.8. The molecule has 0 unspecified atom stereocenters. The number of nitrogens with zero attached hydrogens (tertiary/aromatic N) is 1. The van der Waals surface area contributed by atoms with Crippen LogP contribution in [0.3, 0.4) is 0 Å². The molecule has 2 aromatic carbocycles. The van der Waals surface area contributed by atoms with Gasteiger partial charge in [-0.05, 0) is 79.3 Å². The topological polar surface area (TPSA) is 113 Å². The first-order valence-electron chi connectivity index (χ1n) is 12.8. The Labute approximate surface area is 225 Å². The van der Waals surface area contributed by atoms with Gasteiger partial charge >= 0.3 is 0 Å². The third-order valence-corrected chi connectivity index (χ3v) is 7.14. The molecule has 2 amide bonds. The number of rotatable bonds is 8. The third-order valence-electron chi connectivity index (χ3n) is 6.90. The number of nitrogens with two attached hydrogens (primary N) is 1. The molecule has 0 saturated heterocycles. The van der Waals surface area contributed by atoms with Gasteiger partial charge in [-0.1, -0.05) is 17.7 Å². The maximum atomic E-state index is 13.5. The maximum Gasteiger partial charge on any atom is 0.251 e. The number of hydrogen-bond donors (Lipinski definition) is 2. The van der Waals surface area contributed by atoms with E-state index in [4.69, 9.17) is 26.8 Å². The molecule has 5 rings (SSSR count). The lowest BCUT2D eigenvalue weighted by molar-refractivity contribution is -0.120. The summed E-state index contributed by atoms with van der Waals surface area (Å²) in [6.07, 6.45) is 4.96. The molecule has 1 aromatic heterocycles. The standard InChI is InChI=1S/C29H30ClN3O5/c1-17-12-19-2-5-21(30)13-24(19)25-14-27(34)33(15-20(25)16-38-17)26(10-11-37-23-8-9-23)29(36)32-22-6-3-18(4-7-22)28(31)35/h2-7,13-15,17,23,26H,8-12,16H2,1H3,(H2,31,35)(H,32,36)/t17-,26+/m1/s1. The van der Waals surface area contributed by atoms with Crippen molar-refractivity contribution in [3.8, 4) is 11.1 Å². The Morgan fingerprint density at radius 2 is 1.87 bits per heavy atom. The molecule has 3 N–H and O–H groups in total. The fourth-order valence-corrected chi connectivity index (χ4v) is 4.87. The fourth-order valence-electron chi connectivity index (χ4n) is 4.70. The Bertz CT molecular complexity index is 1410. The largest absolute Gasteiger partial charge is 0.378 e. The number of nitrogens with one attached hydrogen (secondary N) is 1. The molecule has 1 aliphatic carbocycles. The molecular weight excluding hydrogens is 506 g/mol. The summed E-state index contributed by atoms with van der Waals surface area (Å²) in [5.41, 5.74) is 9.35. The van der Waals surface area contributed by atoms with Crippen molar-refractivity contribution in [2.24, 2.45) is 5.73 Å². The van der Waals surface area contributed by atoms with Crippen LogP contribution < -0.4 is 16.6 Å². The SMILES string of the molecule is C[C@@H]1Cc2ccc(Cl)cc2-c2cc(=O)n([C@@H](CCOC3CC3)C(=O)Nc3ccc(C(N)=O)cc3)cc2CO1. The van der Waals surface area contributed by atoms with E-state index in [1.165, 1.54) is 4.57 Å². The zero-order valence-corrected chi connectivity index (χ0v) is 21.9.